The smallest absolute Gasteiger partial charge is 0.410 e. The van der Waals surface area contributed by atoms with E-state index in [1.54, 1.807) is 0 Å². The Morgan fingerprint density at radius 2 is 1.77 bits per heavy atom. The summed E-state index contributed by atoms with van der Waals surface area (Å²) in [6.07, 6.45) is 1.01. The van der Waals surface area contributed by atoms with E-state index in [4.69, 9.17) is 4.74 Å². The molecule has 3 rings (SSSR count). The lowest BCUT2D eigenvalue weighted by Crippen LogP contribution is -2.43. The van der Waals surface area contributed by atoms with Crippen molar-refractivity contribution >= 4 is 17.7 Å². The molecule has 2 amide bonds. The van der Waals surface area contributed by atoms with Crippen LogP contribution in [0.2, 0.25) is 0 Å². The molecule has 0 unspecified atom stereocenters. The average Bonchev–Trinajstić information content (AvgIpc) is 3.13. The molecule has 1 N–H and O–H groups in total. The molecular weight excluding hydrogens is 328 g/mol. The molecule has 0 aromatic heterocycles. The molecule has 5 heteroatoms. The molecule has 0 aliphatic carbocycles. The van der Waals surface area contributed by atoms with Crippen LogP contribution >= 0.6 is 0 Å². The summed E-state index contributed by atoms with van der Waals surface area (Å²) < 4.78 is 5.40. The summed E-state index contributed by atoms with van der Waals surface area (Å²) in [5, 5.41) is 2.99. The number of rotatable bonds is 4. The Balaban J connectivity index is 1.63. The third-order valence-electron chi connectivity index (χ3n) is 4.72. The lowest BCUT2D eigenvalue weighted by atomic mass is 10.1. The molecule has 1 atom stereocenters. The second-order valence-electron chi connectivity index (χ2n) is 6.65. The van der Waals surface area contributed by atoms with E-state index in [-0.39, 0.29) is 12.5 Å². The molecule has 0 bridgehead atoms. The molecule has 0 saturated carbocycles. The molecule has 0 spiro atoms. The van der Waals surface area contributed by atoms with Crippen molar-refractivity contribution in [2.24, 2.45) is 0 Å². The number of hydrogen-bond acceptors (Lipinski definition) is 3. The highest BCUT2D eigenvalue weighted by Gasteiger charge is 2.35. The van der Waals surface area contributed by atoms with Crippen LogP contribution < -0.4 is 5.32 Å². The number of aryl methyl sites for hydroxylation is 2. The van der Waals surface area contributed by atoms with Gasteiger partial charge in [0.05, 0.1) is 0 Å². The summed E-state index contributed by atoms with van der Waals surface area (Å²) in [7, 11) is 0. The van der Waals surface area contributed by atoms with E-state index >= 15 is 0 Å². The molecule has 1 saturated heterocycles. The summed E-state index contributed by atoms with van der Waals surface area (Å²) in [5.74, 6) is -0.156. The number of hydrogen-bond donors (Lipinski definition) is 1. The zero-order chi connectivity index (χ0) is 18.5. The summed E-state index contributed by atoms with van der Waals surface area (Å²) >= 11 is 0. The van der Waals surface area contributed by atoms with Gasteiger partial charge >= 0.3 is 6.09 Å². The van der Waals surface area contributed by atoms with Crippen LogP contribution in [0.5, 0.6) is 0 Å². The number of benzene rings is 2. The maximum atomic E-state index is 12.7. The van der Waals surface area contributed by atoms with Crippen molar-refractivity contribution in [1.29, 1.82) is 0 Å². The van der Waals surface area contributed by atoms with Crippen LogP contribution in [0.15, 0.2) is 48.5 Å². The lowest BCUT2D eigenvalue weighted by Gasteiger charge is -2.24. The van der Waals surface area contributed by atoms with Crippen molar-refractivity contribution < 1.29 is 14.3 Å². The Bertz CT molecular complexity index is 769. The summed E-state index contributed by atoms with van der Waals surface area (Å²) in [5.41, 5.74) is 3.77. The van der Waals surface area contributed by atoms with Crippen LogP contribution in [0, 0.1) is 13.8 Å². The first-order valence-electron chi connectivity index (χ1n) is 8.90. The van der Waals surface area contributed by atoms with Gasteiger partial charge in [-0.05, 0) is 43.4 Å². The molecule has 1 fully saturated rings. The maximum Gasteiger partial charge on any atom is 0.410 e. The molecule has 1 heterocycles. The van der Waals surface area contributed by atoms with Gasteiger partial charge in [0.25, 0.3) is 0 Å². The molecule has 5 nitrogen and oxygen atoms in total. The fourth-order valence-corrected chi connectivity index (χ4v) is 3.28. The summed E-state index contributed by atoms with van der Waals surface area (Å²) in [6.45, 7) is 4.67. The van der Waals surface area contributed by atoms with Gasteiger partial charge in [-0.1, -0.05) is 48.5 Å². The topological polar surface area (TPSA) is 58.6 Å². The van der Waals surface area contributed by atoms with Crippen LogP contribution in [0.4, 0.5) is 10.5 Å². The molecular formula is C21H24N2O3. The molecule has 26 heavy (non-hydrogen) atoms. The maximum absolute atomic E-state index is 12.7. The Labute approximate surface area is 154 Å². The molecule has 2 aromatic rings. The SMILES string of the molecule is Cc1cccc(C)c1NC(=O)[C@@H]1CCCN1C(=O)OCc1ccccc1. The van der Waals surface area contributed by atoms with E-state index < -0.39 is 12.1 Å². The first-order chi connectivity index (χ1) is 12.6. The highest BCUT2D eigenvalue weighted by Crippen LogP contribution is 2.24. The van der Waals surface area contributed by atoms with Crippen LogP contribution in [0.25, 0.3) is 0 Å². The number of nitrogens with zero attached hydrogens (tertiary/aromatic N) is 1. The molecule has 1 aliphatic heterocycles. The minimum Gasteiger partial charge on any atom is -0.445 e. The molecule has 2 aromatic carbocycles. The van der Waals surface area contributed by atoms with E-state index in [2.05, 4.69) is 5.32 Å². The number of carbonyl (C=O) groups is 2. The minimum absolute atomic E-state index is 0.156. The normalized spacial score (nSPS) is 16.4. The van der Waals surface area contributed by atoms with Crippen molar-refractivity contribution in [2.75, 3.05) is 11.9 Å². The van der Waals surface area contributed by atoms with Gasteiger partial charge in [0.2, 0.25) is 5.91 Å². The monoisotopic (exact) mass is 352 g/mol. The third kappa shape index (κ3) is 4.04. The van der Waals surface area contributed by atoms with Gasteiger partial charge in [0.1, 0.15) is 12.6 Å². The van der Waals surface area contributed by atoms with Crippen molar-refractivity contribution in [3.8, 4) is 0 Å². The molecule has 0 radical (unpaired) electrons. The number of anilines is 1. The fraction of sp³-hybridized carbons (Fsp3) is 0.333. The van der Waals surface area contributed by atoms with Gasteiger partial charge in [-0.3, -0.25) is 9.69 Å². The molecule has 136 valence electrons. The van der Waals surface area contributed by atoms with Gasteiger partial charge in [0, 0.05) is 12.2 Å². The second kappa shape index (κ2) is 8.04. The van der Waals surface area contributed by atoms with Crippen LogP contribution in [-0.4, -0.2) is 29.5 Å². The Morgan fingerprint density at radius 3 is 2.46 bits per heavy atom. The van der Waals surface area contributed by atoms with E-state index in [9.17, 15) is 9.59 Å². The number of likely N-dealkylation sites (tertiary alicyclic amines) is 1. The summed E-state index contributed by atoms with van der Waals surface area (Å²) in [4.78, 5) is 26.7. The van der Waals surface area contributed by atoms with Crippen LogP contribution in [0.1, 0.15) is 29.5 Å². The lowest BCUT2D eigenvalue weighted by molar-refractivity contribution is -0.120. The van der Waals surface area contributed by atoms with E-state index in [0.29, 0.717) is 13.0 Å². The Kier molecular flexibility index (Phi) is 5.56. The first-order valence-corrected chi connectivity index (χ1v) is 8.90. The summed E-state index contributed by atoms with van der Waals surface area (Å²) in [6, 6.07) is 14.9. The first kappa shape index (κ1) is 18.0. The molecule has 1 aliphatic rings. The number of nitrogens with one attached hydrogen (secondary N) is 1. The Morgan fingerprint density at radius 1 is 1.08 bits per heavy atom. The predicted octanol–water partition coefficient (Wildman–Crippen LogP) is 4.04. The largest absolute Gasteiger partial charge is 0.445 e. The van der Waals surface area contributed by atoms with Gasteiger partial charge in [0.15, 0.2) is 0 Å². The van der Waals surface area contributed by atoms with Gasteiger partial charge in [-0.15, -0.1) is 0 Å². The highest BCUT2D eigenvalue weighted by molar-refractivity contribution is 5.98. The zero-order valence-corrected chi connectivity index (χ0v) is 15.2. The van der Waals surface area contributed by atoms with Crippen LogP contribution in [-0.2, 0) is 16.1 Å². The average molecular weight is 352 g/mol. The van der Waals surface area contributed by atoms with E-state index in [1.807, 2.05) is 62.4 Å². The van der Waals surface area contributed by atoms with Gasteiger partial charge in [-0.2, -0.15) is 0 Å². The quantitative estimate of drug-likeness (QED) is 0.903. The van der Waals surface area contributed by atoms with Crippen LogP contribution in [0.3, 0.4) is 0 Å². The van der Waals surface area contributed by atoms with Crippen molar-refractivity contribution in [1.82, 2.24) is 4.90 Å². The number of amides is 2. The number of carbonyl (C=O) groups excluding carboxylic acids is 2. The zero-order valence-electron chi connectivity index (χ0n) is 15.2. The predicted molar refractivity (Wildman–Crippen MR) is 101 cm³/mol. The highest BCUT2D eigenvalue weighted by atomic mass is 16.6. The van der Waals surface area contributed by atoms with Crippen molar-refractivity contribution in [3.63, 3.8) is 0 Å². The second-order valence-corrected chi connectivity index (χ2v) is 6.65. The van der Waals surface area contributed by atoms with E-state index in [1.165, 1.54) is 4.90 Å². The minimum atomic E-state index is -0.489. The van der Waals surface area contributed by atoms with Crippen molar-refractivity contribution in [2.45, 2.75) is 39.3 Å². The number of para-hydroxylation sites is 1. The van der Waals surface area contributed by atoms with Crippen molar-refractivity contribution in [3.05, 3.63) is 65.2 Å². The number of ether oxygens (including phenoxy) is 1. The van der Waals surface area contributed by atoms with E-state index in [0.717, 1.165) is 28.8 Å². The van der Waals surface area contributed by atoms with Gasteiger partial charge in [-0.25, -0.2) is 4.79 Å². The Hall–Kier alpha value is -2.82. The fourth-order valence-electron chi connectivity index (χ4n) is 3.28. The standard InChI is InChI=1S/C21H24N2O3/c1-15-8-6-9-16(2)19(15)22-20(24)18-12-7-13-23(18)21(25)26-14-17-10-4-3-5-11-17/h3-6,8-11,18H,7,12-14H2,1-2H3,(H,22,24)/t18-/m0/s1. The van der Waals surface area contributed by atoms with Gasteiger partial charge < -0.3 is 10.1 Å². The third-order valence-corrected chi connectivity index (χ3v) is 4.72.